The van der Waals surface area contributed by atoms with Crippen molar-refractivity contribution in [1.82, 2.24) is 15.0 Å². The molecule has 0 spiro atoms. The summed E-state index contributed by atoms with van der Waals surface area (Å²) in [5.74, 6) is -0.249. The van der Waals surface area contributed by atoms with Crippen LogP contribution in [0.3, 0.4) is 0 Å². The van der Waals surface area contributed by atoms with Gasteiger partial charge in [0.25, 0.3) is 5.88 Å². The third-order valence-corrected chi connectivity index (χ3v) is 2.37. The number of aromatic nitrogens is 3. The lowest BCUT2D eigenvalue weighted by molar-refractivity contribution is 0.290. The van der Waals surface area contributed by atoms with Gasteiger partial charge in [0, 0.05) is 24.9 Å². The molecule has 0 aliphatic rings. The Morgan fingerprint density at radius 1 is 1.32 bits per heavy atom. The van der Waals surface area contributed by atoms with Crippen LogP contribution in [0.1, 0.15) is 12.6 Å². The van der Waals surface area contributed by atoms with E-state index in [-0.39, 0.29) is 5.88 Å². The predicted octanol–water partition coefficient (Wildman–Crippen LogP) is 2.06. The number of rotatable bonds is 6. The van der Waals surface area contributed by atoms with Gasteiger partial charge in [0.1, 0.15) is 0 Å². The van der Waals surface area contributed by atoms with Gasteiger partial charge in [-0.3, -0.25) is 4.98 Å². The van der Waals surface area contributed by atoms with Crippen LogP contribution in [-0.4, -0.2) is 28.1 Å². The summed E-state index contributed by atoms with van der Waals surface area (Å²) in [7, 11) is 0. The smallest absolute Gasteiger partial charge is 0.255 e. The summed E-state index contributed by atoms with van der Waals surface area (Å²) in [4.78, 5) is 11.9. The molecule has 0 saturated heterocycles. The van der Waals surface area contributed by atoms with Gasteiger partial charge in [-0.15, -0.1) is 0 Å². The zero-order valence-electron chi connectivity index (χ0n) is 10.6. The first-order valence-corrected chi connectivity index (χ1v) is 6.08. The molecular weight excluding hydrogens is 247 g/mol. The lowest BCUT2D eigenvalue weighted by atomic mass is 10.3. The summed E-state index contributed by atoms with van der Waals surface area (Å²) in [6.07, 6.45) is 3.41. The van der Waals surface area contributed by atoms with Crippen molar-refractivity contribution in [2.75, 3.05) is 18.5 Å². The Bertz CT molecular complexity index is 521. The van der Waals surface area contributed by atoms with Gasteiger partial charge in [0.2, 0.25) is 11.8 Å². The molecule has 0 fully saturated rings. The molecule has 0 aromatic carbocycles. The third-order valence-electron chi connectivity index (χ3n) is 2.37. The van der Waals surface area contributed by atoms with Gasteiger partial charge in [-0.25, -0.2) is 4.98 Å². The molecule has 0 aliphatic heterocycles. The van der Waals surface area contributed by atoms with Crippen LogP contribution in [0.15, 0.2) is 30.6 Å². The van der Waals surface area contributed by atoms with Gasteiger partial charge in [-0.05, 0) is 19.1 Å². The van der Waals surface area contributed by atoms with Crippen LogP contribution in [0, 0.1) is 5.82 Å². The predicted molar refractivity (Wildman–Crippen MR) is 69.6 cm³/mol. The van der Waals surface area contributed by atoms with E-state index in [0.29, 0.717) is 25.5 Å². The topological polar surface area (TPSA) is 59.9 Å². The number of halogens is 1. The van der Waals surface area contributed by atoms with E-state index in [1.54, 1.807) is 6.20 Å². The second-order valence-corrected chi connectivity index (χ2v) is 3.80. The van der Waals surface area contributed by atoms with E-state index >= 15 is 0 Å². The fourth-order valence-electron chi connectivity index (χ4n) is 1.49. The molecule has 6 heteroatoms. The average molecular weight is 262 g/mol. The average Bonchev–Trinajstić information content (AvgIpc) is 2.44. The lowest BCUT2D eigenvalue weighted by Crippen LogP contribution is -2.08. The molecule has 1 N–H and O–H groups in total. The van der Waals surface area contributed by atoms with E-state index < -0.39 is 5.82 Å². The molecular formula is C13H15FN4O. The minimum Gasteiger partial charge on any atom is -0.475 e. The summed E-state index contributed by atoms with van der Waals surface area (Å²) in [6.45, 7) is 2.89. The van der Waals surface area contributed by atoms with Gasteiger partial charge in [0.15, 0.2) is 0 Å². The number of ether oxygens (including phenoxy) is 1. The molecule has 0 saturated carbocycles. The normalized spacial score (nSPS) is 10.2. The second-order valence-electron chi connectivity index (χ2n) is 3.80. The van der Waals surface area contributed by atoms with E-state index in [1.165, 1.54) is 0 Å². The van der Waals surface area contributed by atoms with Crippen LogP contribution >= 0.6 is 0 Å². The SMILES string of the molecule is CCNc1ncc(F)c(OCCc2ccccn2)n1. The Morgan fingerprint density at radius 2 is 2.21 bits per heavy atom. The number of pyridine rings is 1. The first-order chi connectivity index (χ1) is 9.29. The van der Waals surface area contributed by atoms with Crippen LogP contribution in [-0.2, 0) is 6.42 Å². The zero-order chi connectivity index (χ0) is 13.5. The number of nitrogens with one attached hydrogen (secondary N) is 1. The standard InChI is InChI=1S/C13H15FN4O/c1-2-15-13-17-9-11(14)12(18-13)19-8-6-10-5-3-4-7-16-10/h3-5,7,9H,2,6,8H2,1H3,(H,15,17,18). The number of nitrogens with zero attached hydrogens (tertiary/aromatic N) is 3. The highest BCUT2D eigenvalue weighted by Crippen LogP contribution is 2.14. The molecule has 5 nitrogen and oxygen atoms in total. The maximum atomic E-state index is 13.4. The maximum Gasteiger partial charge on any atom is 0.255 e. The van der Waals surface area contributed by atoms with E-state index in [4.69, 9.17) is 4.74 Å². The highest BCUT2D eigenvalue weighted by molar-refractivity contribution is 5.28. The van der Waals surface area contributed by atoms with Crippen LogP contribution in [0.25, 0.3) is 0 Å². The van der Waals surface area contributed by atoms with Gasteiger partial charge in [-0.2, -0.15) is 9.37 Å². The van der Waals surface area contributed by atoms with E-state index in [9.17, 15) is 4.39 Å². The van der Waals surface area contributed by atoms with Gasteiger partial charge in [-0.1, -0.05) is 6.07 Å². The Hall–Kier alpha value is -2.24. The van der Waals surface area contributed by atoms with Crippen LogP contribution in [0.4, 0.5) is 10.3 Å². The summed E-state index contributed by atoms with van der Waals surface area (Å²) < 4.78 is 18.8. The molecule has 0 aliphatic carbocycles. The van der Waals surface area contributed by atoms with Crippen molar-refractivity contribution in [2.45, 2.75) is 13.3 Å². The van der Waals surface area contributed by atoms with Crippen molar-refractivity contribution in [3.8, 4) is 5.88 Å². The van der Waals surface area contributed by atoms with Crippen molar-refractivity contribution < 1.29 is 9.13 Å². The van der Waals surface area contributed by atoms with Crippen molar-refractivity contribution >= 4 is 5.95 Å². The Labute approximate surface area is 110 Å². The highest BCUT2D eigenvalue weighted by Gasteiger charge is 2.08. The lowest BCUT2D eigenvalue weighted by Gasteiger charge is -2.07. The molecule has 19 heavy (non-hydrogen) atoms. The molecule has 100 valence electrons. The van der Waals surface area contributed by atoms with Crippen molar-refractivity contribution in [3.63, 3.8) is 0 Å². The molecule has 2 aromatic heterocycles. The van der Waals surface area contributed by atoms with Gasteiger partial charge < -0.3 is 10.1 Å². The zero-order valence-corrected chi connectivity index (χ0v) is 10.6. The van der Waals surface area contributed by atoms with Crippen molar-refractivity contribution in [2.24, 2.45) is 0 Å². The van der Waals surface area contributed by atoms with E-state index in [2.05, 4.69) is 20.3 Å². The van der Waals surface area contributed by atoms with Crippen molar-refractivity contribution in [3.05, 3.63) is 42.1 Å². The first-order valence-electron chi connectivity index (χ1n) is 6.08. The molecule has 0 unspecified atom stereocenters. The summed E-state index contributed by atoms with van der Waals surface area (Å²) >= 11 is 0. The number of hydrogen-bond acceptors (Lipinski definition) is 5. The van der Waals surface area contributed by atoms with E-state index in [1.807, 2.05) is 25.1 Å². The molecule has 2 rings (SSSR count). The number of anilines is 1. The summed E-state index contributed by atoms with van der Waals surface area (Å²) in [5.41, 5.74) is 0.892. The van der Waals surface area contributed by atoms with Gasteiger partial charge in [0.05, 0.1) is 12.8 Å². The maximum absolute atomic E-state index is 13.4. The molecule has 0 atom stereocenters. The largest absolute Gasteiger partial charge is 0.475 e. The Morgan fingerprint density at radius 3 is 2.95 bits per heavy atom. The molecule has 2 aromatic rings. The third kappa shape index (κ3) is 3.87. The second kappa shape index (κ2) is 6.63. The minimum absolute atomic E-state index is 0.0399. The van der Waals surface area contributed by atoms with Crippen molar-refractivity contribution in [1.29, 1.82) is 0 Å². The fourth-order valence-corrected chi connectivity index (χ4v) is 1.49. The Kier molecular flexibility index (Phi) is 4.60. The molecule has 2 heterocycles. The molecule has 0 amide bonds. The van der Waals surface area contributed by atoms with E-state index in [0.717, 1.165) is 11.9 Å². The Balaban J connectivity index is 1.93. The minimum atomic E-state index is -0.567. The number of hydrogen-bond donors (Lipinski definition) is 1. The van der Waals surface area contributed by atoms with Crippen LogP contribution in [0.2, 0.25) is 0 Å². The van der Waals surface area contributed by atoms with Crippen LogP contribution in [0.5, 0.6) is 5.88 Å². The summed E-state index contributed by atoms with van der Waals surface area (Å²) in [5, 5.41) is 2.90. The molecule has 0 radical (unpaired) electrons. The van der Waals surface area contributed by atoms with Crippen LogP contribution < -0.4 is 10.1 Å². The highest BCUT2D eigenvalue weighted by atomic mass is 19.1. The monoisotopic (exact) mass is 262 g/mol. The van der Waals surface area contributed by atoms with Gasteiger partial charge >= 0.3 is 0 Å². The fraction of sp³-hybridized carbons (Fsp3) is 0.308. The first kappa shape index (κ1) is 13.2. The molecule has 0 bridgehead atoms. The quantitative estimate of drug-likeness (QED) is 0.863. The summed E-state index contributed by atoms with van der Waals surface area (Å²) in [6, 6.07) is 5.64.